The Bertz CT molecular complexity index is 1870. The van der Waals surface area contributed by atoms with Crippen molar-refractivity contribution in [2.75, 3.05) is 20.3 Å². The van der Waals surface area contributed by atoms with E-state index in [4.69, 9.17) is 29.8 Å². The largest absolute Gasteiger partial charge is 0.497 e. The van der Waals surface area contributed by atoms with Crippen molar-refractivity contribution in [1.29, 1.82) is 0 Å². The Morgan fingerprint density at radius 1 is 0.959 bits per heavy atom. The predicted octanol–water partition coefficient (Wildman–Crippen LogP) is 6.53. The number of aliphatic hydroxyl groups excluding tert-OH is 1. The van der Waals surface area contributed by atoms with Crippen LogP contribution < -0.4 is 20.3 Å². The maximum absolute atomic E-state index is 14.6. The minimum atomic E-state index is -1.63. The number of ether oxygens (including phenoxy) is 3. The molecule has 0 bridgehead atoms. The van der Waals surface area contributed by atoms with Gasteiger partial charge in [-0.15, -0.1) is 0 Å². The predicted molar refractivity (Wildman–Crippen MR) is 183 cm³/mol. The van der Waals surface area contributed by atoms with Crippen LogP contribution in [0.5, 0.6) is 11.5 Å². The van der Waals surface area contributed by atoms with E-state index in [9.17, 15) is 10.3 Å². The van der Waals surface area contributed by atoms with Crippen LogP contribution in [-0.4, -0.2) is 42.8 Å². The average molecular weight is 662 g/mol. The quantitative estimate of drug-likeness (QED) is 0.0401. The molecule has 0 radical (unpaired) electrons. The molecule has 250 valence electrons. The molecule has 0 saturated heterocycles. The Morgan fingerprint density at radius 2 is 1.67 bits per heavy atom. The molecule has 49 heavy (non-hydrogen) atoms. The summed E-state index contributed by atoms with van der Waals surface area (Å²) < 4.78 is 17.6. The van der Waals surface area contributed by atoms with Crippen molar-refractivity contribution in [1.82, 2.24) is 10.9 Å². The number of amides is 1. The number of carbonyl (C=O) groups excluding carboxylic acids is 1. The summed E-state index contributed by atoms with van der Waals surface area (Å²) in [5.41, 5.74) is 26.3. The van der Waals surface area contributed by atoms with Gasteiger partial charge in [-0.3, -0.25) is 10.2 Å². The summed E-state index contributed by atoms with van der Waals surface area (Å²) in [6.45, 7) is 0.695. The number of hydrazine groups is 1. The van der Waals surface area contributed by atoms with Crippen molar-refractivity contribution in [3.05, 3.63) is 146 Å². The van der Waals surface area contributed by atoms with E-state index < -0.39 is 17.6 Å². The van der Waals surface area contributed by atoms with Crippen molar-refractivity contribution in [2.45, 2.75) is 37.6 Å². The summed E-state index contributed by atoms with van der Waals surface area (Å²) in [7, 11) is 1.59. The zero-order valence-electron chi connectivity index (χ0n) is 26.8. The van der Waals surface area contributed by atoms with E-state index >= 15 is 0 Å². The topological polar surface area (TPSA) is 199 Å². The third-order valence-corrected chi connectivity index (χ3v) is 7.93. The first kappa shape index (κ1) is 34.3. The highest BCUT2D eigenvalue weighted by molar-refractivity contribution is 6.01. The Balaban J connectivity index is 1.59. The fraction of sp³-hybridized carbons (Fsp3) is 0.257. The maximum atomic E-state index is 14.6. The van der Waals surface area contributed by atoms with Gasteiger partial charge in [0.25, 0.3) is 5.91 Å². The van der Waals surface area contributed by atoms with Crippen LogP contribution in [0, 0.1) is 0 Å². The molecule has 14 heteroatoms. The number of nitrogens with zero attached hydrogens (tertiary/aromatic N) is 7. The second-order valence-electron chi connectivity index (χ2n) is 11.0. The van der Waals surface area contributed by atoms with E-state index in [2.05, 4.69) is 30.9 Å². The number of aliphatic hydroxyl groups is 1. The summed E-state index contributed by atoms with van der Waals surface area (Å²) in [6, 6.07) is 28.7. The lowest BCUT2D eigenvalue weighted by molar-refractivity contribution is -0.130. The minimum Gasteiger partial charge on any atom is -0.497 e. The van der Waals surface area contributed by atoms with Gasteiger partial charge in [0.15, 0.2) is 11.6 Å². The molecule has 0 aromatic heterocycles. The van der Waals surface area contributed by atoms with E-state index in [1.54, 1.807) is 55.6 Å². The van der Waals surface area contributed by atoms with Gasteiger partial charge >= 0.3 is 0 Å². The first-order chi connectivity index (χ1) is 24.0. The molecule has 3 N–H and O–H groups in total. The summed E-state index contributed by atoms with van der Waals surface area (Å²) >= 11 is 0. The van der Waals surface area contributed by atoms with Gasteiger partial charge in [-0.25, -0.2) is 10.4 Å². The lowest BCUT2D eigenvalue weighted by atomic mass is 9.80. The molecule has 4 aromatic rings. The van der Waals surface area contributed by atoms with Gasteiger partial charge in [-0.1, -0.05) is 70.9 Å². The fourth-order valence-corrected chi connectivity index (χ4v) is 5.48. The van der Waals surface area contributed by atoms with Crippen molar-refractivity contribution < 1.29 is 24.1 Å². The summed E-state index contributed by atoms with van der Waals surface area (Å²) in [4.78, 5) is 25.6. The lowest BCUT2D eigenvalue weighted by Crippen LogP contribution is -2.53. The number of hydrogen-bond acceptors (Lipinski definition) is 9. The molecule has 0 unspecified atom stereocenters. The monoisotopic (exact) mass is 661 g/mol. The first-order valence-corrected chi connectivity index (χ1v) is 15.5. The van der Waals surface area contributed by atoms with Gasteiger partial charge in [0.1, 0.15) is 11.5 Å². The number of aliphatic imine (C=N–C) groups is 1. The van der Waals surface area contributed by atoms with Gasteiger partial charge in [0, 0.05) is 47.1 Å². The van der Waals surface area contributed by atoms with Crippen LogP contribution in [0.1, 0.15) is 40.3 Å². The number of methoxy groups -OCH3 is 1. The number of nitrogens with one attached hydrogen (secondary N) is 2. The third-order valence-electron chi connectivity index (χ3n) is 7.93. The molecule has 0 saturated carbocycles. The smallest absolute Gasteiger partial charge is 0.266 e. The molecule has 4 aromatic carbocycles. The summed E-state index contributed by atoms with van der Waals surface area (Å²) in [5.74, 6) is 1.01. The van der Waals surface area contributed by atoms with Crippen LogP contribution in [-0.2, 0) is 29.0 Å². The number of hydrogen-bond donors (Lipinski definition) is 3. The van der Waals surface area contributed by atoms with Crippen LogP contribution in [0.25, 0.3) is 20.9 Å². The number of azide groups is 2. The van der Waals surface area contributed by atoms with E-state index in [0.717, 1.165) is 5.56 Å². The van der Waals surface area contributed by atoms with E-state index in [1.807, 2.05) is 48.5 Å². The van der Waals surface area contributed by atoms with Gasteiger partial charge in [-0.05, 0) is 69.7 Å². The Morgan fingerprint density at radius 3 is 2.39 bits per heavy atom. The number of carbonyl (C=O) groups is 1. The number of benzene rings is 4. The molecule has 1 aliphatic heterocycles. The summed E-state index contributed by atoms with van der Waals surface area (Å²) in [6.07, 6.45) is -0.504. The van der Waals surface area contributed by atoms with Gasteiger partial charge < -0.3 is 19.3 Å². The molecule has 0 aliphatic carbocycles. The van der Waals surface area contributed by atoms with Crippen molar-refractivity contribution >= 4 is 17.5 Å². The maximum Gasteiger partial charge on any atom is 0.266 e. The van der Waals surface area contributed by atoms with Crippen LogP contribution in [0.15, 0.2) is 112 Å². The molecule has 0 spiro atoms. The van der Waals surface area contributed by atoms with Gasteiger partial charge in [0.2, 0.25) is 5.90 Å². The Hall–Kier alpha value is -6.04. The van der Waals surface area contributed by atoms with E-state index in [-0.39, 0.29) is 25.5 Å². The summed E-state index contributed by atoms with van der Waals surface area (Å²) in [5, 5.41) is 16.8. The molecule has 1 heterocycles. The SMILES string of the molecule is COc1ccc(CNNC(=O)[C@@]2(Cc3ccccc3N=[N+]=[N-])N=C(c3ccc(OCCCO)cc3)O[C@H]2c2ccccc2CN=[N+]=[N-])cc1. The van der Waals surface area contributed by atoms with Crippen LogP contribution >= 0.6 is 0 Å². The Kier molecular flexibility index (Phi) is 11.7. The molecular formula is C35H35N9O5. The first-order valence-electron chi connectivity index (χ1n) is 15.5. The van der Waals surface area contributed by atoms with Crippen molar-refractivity contribution in [3.63, 3.8) is 0 Å². The Labute approximate surface area is 282 Å². The highest BCUT2D eigenvalue weighted by atomic mass is 16.5. The zero-order chi connectivity index (χ0) is 34.5. The van der Waals surface area contributed by atoms with Gasteiger partial charge in [-0.2, -0.15) is 0 Å². The zero-order valence-corrected chi connectivity index (χ0v) is 26.8. The van der Waals surface area contributed by atoms with Gasteiger partial charge in [0.05, 0.1) is 20.3 Å². The third kappa shape index (κ3) is 8.28. The molecular weight excluding hydrogens is 626 g/mol. The molecule has 14 nitrogen and oxygen atoms in total. The fourth-order valence-electron chi connectivity index (χ4n) is 5.48. The normalized spacial score (nSPS) is 16.4. The van der Waals surface area contributed by atoms with E-state index in [0.29, 0.717) is 59.0 Å². The van der Waals surface area contributed by atoms with Crippen LogP contribution in [0.3, 0.4) is 0 Å². The second-order valence-corrected chi connectivity index (χ2v) is 11.0. The van der Waals surface area contributed by atoms with E-state index in [1.165, 1.54) is 0 Å². The molecule has 1 aliphatic rings. The standard InChI is InChI=1S/C35H35N9O5/c1-47-28-15-11-24(12-16-28)22-38-42-34(46)35(21-26-7-3-5-10-31(26)41-44-37)32(30-9-4-2-8-27(30)23-39-43-36)49-33(40-35)25-13-17-29(18-14-25)48-20-6-19-45/h2-5,7-18,32,38,45H,6,19-23H2,1H3,(H,42,46)/t32-,35-/m0/s1. The van der Waals surface area contributed by atoms with Crippen LogP contribution in [0.4, 0.5) is 5.69 Å². The molecule has 2 atom stereocenters. The van der Waals surface area contributed by atoms with Crippen molar-refractivity contribution in [2.24, 2.45) is 15.2 Å². The molecule has 5 rings (SSSR count). The average Bonchev–Trinajstić information content (AvgIpc) is 3.52. The highest BCUT2D eigenvalue weighted by Gasteiger charge is 2.54. The lowest BCUT2D eigenvalue weighted by Gasteiger charge is -2.32. The highest BCUT2D eigenvalue weighted by Crippen LogP contribution is 2.44. The molecule has 0 fully saturated rings. The molecule has 1 amide bonds. The second kappa shape index (κ2) is 16.7. The number of rotatable bonds is 16. The van der Waals surface area contributed by atoms with Crippen LogP contribution in [0.2, 0.25) is 0 Å². The minimum absolute atomic E-state index is 0.00931. The van der Waals surface area contributed by atoms with Crippen molar-refractivity contribution in [3.8, 4) is 11.5 Å².